The lowest BCUT2D eigenvalue weighted by atomic mass is 10.1. The van der Waals surface area contributed by atoms with E-state index in [0.717, 1.165) is 23.5 Å². The largest absolute Gasteiger partial charge is 0.489 e. The summed E-state index contributed by atoms with van der Waals surface area (Å²) >= 11 is 0. The molecule has 1 unspecified atom stereocenters. The third-order valence-corrected chi connectivity index (χ3v) is 4.20. The van der Waals surface area contributed by atoms with Crippen LogP contribution in [0.3, 0.4) is 0 Å². The molecule has 2 aromatic rings. The lowest BCUT2D eigenvalue weighted by Gasteiger charge is -2.23. The predicted octanol–water partition coefficient (Wildman–Crippen LogP) is 3.31. The standard InChI is InChI=1S/C20H24N2O3.ClH/c1-15-5-2-3-6-16(15)13-25-19-8-4-7-17(11-19)22-20(23)12-18-14-24-10-9-21-18;/h2-8,11,18,21H,9-10,12-14H2,1H3,(H,22,23);1H. The van der Waals surface area contributed by atoms with Gasteiger partial charge in [-0.05, 0) is 30.2 Å². The molecule has 5 nitrogen and oxygen atoms in total. The molecule has 0 saturated carbocycles. The number of halogens is 1. The summed E-state index contributed by atoms with van der Waals surface area (Å²) in [6.07, 6.45) is 0.397. The maximum Gasteiger partial charge on any atom is 0.226 e. The first kappa shape index (κ1) is 20.2. The fourth-order valence-electron chi connectivity index (χ4n) is 2.78. The van der Waals surface area contributed by atoms with Crippen LogP contribution < -0.4 is 15.4 Å². The van der Waals surface area contributed by atoms with Crippen molar-refractivity contribution in [2.45, 2.75) is 26.0 Å². The minimum Gasteiger partial charge on any atom is -0.489 e. The van der Waals surface area contributed by atoms with E-state index < -0.39 is 0 Å². The Kier molecular flexibility index (Phi) is 7.91. The molecule has 1 heterocycles. The molecule has 1 amide bonds. The number of anilines is 1. The van der Waals surface area contributed by atoms with Gasteiger partial charge in [0.05, 0.1) is 13.2 Å². The zero-order valence-corrected chi connectivity index (χ0v) is 15.7. The summed E-state index contributed by atoms with van der Waals surface area (Å²) in [6.45, 7) is 4.65. The molecule has 1 aliphatic rings. The summed E-state index contributed by atoms with van der Waals surface area (Å²) < 4.78 is 11.2. The average molecular weight is 377 g/mol. The quantitative estimate of drug-likeness (QED) is 0.812. The molecule has 0 aromatic heterocycles. The van der Waals surface area contributed by atoms with Crippen molar-refractivity contribution in [2.24, 2.45) is 0 Å². The third-order valence-electron chi connectivity index (χ3n) is 4.20. The molecular weight excluding hydrogens is 352 g/mol. The molecule has 1 atom stereocenters. The van der Waals surface area contributed by atoms with Gasteiger partial charge < -0.3 is 20.1 Å². The SMILES string of the molecule is Cc1ccccc1COc1cccc(NC(=O)CC2COCCN2)c1.Cl. The van der Waals surface area contributed by atoms with Crippen LogP contribution in [0.4, 0.5) is 5.69 Å². The van der Waals surface area contributed by atoms with Crippen molar-refractivity contribution in [3.8, 4) is 5.75 Å². The van der Waals surface area contributed by atoms with E-state index in [9.17, 15) is 4.79 Å². The Bertz CT molecular complexity index is 718. The molecule has 0 radical (unpaired) electrons. The van der Waals surface area contributed by atoms with Gasteiger partial charge in [-0.15, -0.1) is 12.4 Å². The highest BCUT2D eigenvalue weighted by atomic mass is 35.5. The molecule has 3 rings (SSSR count). The van der Waals surface area contributed by atoms with Gasteiger partial charge in [0.15, 0.2) is 0 Å². The molecule has 6 heteroatoms. The Balaban J connectivity index is 0.00000243. The zero-order chi connectivity index (χ0) is 17.5. The van der Waals surface area contributed by atoms with E-state index in [2.05, 4.69) is 29.7 Å². The van der Waals surface area contributed by atoms with Gasteiger partial charge in [-0.3, -0.25) is 4.79 Å². The maximum absolute atomic E-state index is 12.2. The van der Waals surface area contributed by atoms with Gasteiger partial charge in [0.25, 0.3) is 0 Å². The summed E-state index contributed by atoms with van der Waals surface area (Å²) in [5, 5.41) is 6.21. The van der Waals surface area contributed by atoms with Gasteiger partial charge in [0.1, 0.15) is 12.4 Å². The zero-order valence-electron chi connectivity index (χ0n) is 14.9. The van der Waals surface area contributed by atoms with Crippen LogP contribution >= 0.6 is 12.4 Å². The van der Waals surface area contributed by atoms with Crippen molar-refractivity contribution in [3.05, 3.63) is 59.7 Å². The Morgan fingerprint density at radius 1 is 1.27 bits per heavy atom. The van der Waals surface area contributed by atoms with Gasteiger partial charge in [0, 0.05) is 30.8 Å². The molecular formula is C20H25ClN2O3. The lowest BCUT2D eigenvalue weighted by Crippen LogP contribution is -2.43. The van der Waals surface area contributed by atoms with Crippen LogP contribution in [0.15, 0.2) is 48.5 Å². The number of morpholine rings is 1. The van der Waals surface area contributed by atoms with Crippen LogP contribution in [0.1, 0.15) is 17.5 Å². The predicted molar refractivity (Wildman–Crippen MR) is 105 cm³/mol. The summed E-state index contributed by atoms with van der Waals surface area (Å²) in [6, 6.07) is 15.7. The summed E-state index contributed by atoms with van der Waals surface area (Å²) in [4.78, 5) is 12.2. The Hall–Kier alpha value is -2.08. The number of rotatable bonds is 6. The maximum atomic E-state index is 12.2. The molecule has 2 N–H and O–H groups in total. The molecule has 1 fully saturated rings. The van der Waals surface area contributed by atoms with Crippen molar-refractivity contribution in [1.29, 1.82) is 0 Å². The number of benzene rings is 2. The summed E-state index contributed by atoms with van der Waals surface area (Å²) in [5.41, 5.74) is 3.10. The van der Waals surface area contributed by atoms with Crippen LogP contribution in [-0.4, -0.2) is 31.7 Å². The molecule has 1 saturated heterocycles. The molecule has 1 aliphatic heterocycles. The first-order valence-corrected chi connectivity index (χ1v) is 8.59. The number of hydrogen-bond acceptors (Lipinski definition) is 4. The Morgan fingerprint density at radius 3 is 2.88 bits per heavy atom. The first-order valence-electron chi connectivity index (χ1n) is 8.59. The van der Waals surface area contributed by atoms with E-state index in [1.54, 1.807) is 0 Å². The van der Waals surface area contributed by atoms with Crippen molar-refractivity contribution >= 4 is 24.0 Å². The number of carbonyl (C=O) groups is 1. The number of hydrogen-bond donors (Lipinski definition) is 2. The molecule has 0 spiro atoms. The highest BCUT2D eigenvalue weighted by Crippen LogP contribution is 2.20. The Morgan fingerprint density at radius 2 is 2.12 bits per heavy atom. The second kappa shape index (κ2) is 10.2. The minimum atomic E-state index is -0.0287. The van der Waals surface area contributed by atoms with E-state index >= 15 is 0 Å². The number of ether oxygens (including phenoxy) is 2. The van der Waals surface area contributed by atoms with E-state index in [-0.39, 0.29) is 24.4 Å². The fourth-order valence-corrected chi connectivity index (χ4v) is 2.78. The minimum absolute atomic E-state index is 0. The van der Waals surface area contributed by atoms with Crippen molar-refractivity contribution in [2.75, 3.05) is 25.1 Å². The van der Waals surface area contributed by atoms with E-state index in [0.29, 0.717) is 26.2 Å². The third kappa shape index (κ3) is 6.02. The molecule has 0 aliphatic carbocycles. The fraction of sp³-hybridized carbons (Fsp3) is 0.350. The number of aryl methyl sites for hydroxylation is 1. The van der Waals surface area contributed by atoms with Crippen molar-refractivity contribution in [1.82, 2.24) is 5.32 Å². The molecule has 140 valence electrons. The van der Waals surface area contributed by atoms with E-state index in [1.807, 2.05) is 36.4 Å². The average Bonchev–Trinajstić information content (AvgIpc) is 2.62. The first-order chi connectivity index (χ1) is 12.2. The van der Waals surface area contributed by atoms with Gasteiger partial charge >= 0.3 is 0 Å². The number of carbonyl (C=O) groups excluding carboxylic acids is 1. The van der Waals surface area contributed by atoms with E-state index in [4.69, 9.17) is 9.47 Å². The highest BCUT2D eigenvalue weighted by Gasteiger charge is 2.16. The smallest absolute Gasteiger partial charge is 0.226 e. The highest BCUT2D eigenvalue weighted by molar-refractivity contribution is 5.91. The Labute approximate surface area is 160 Å². The van der Waals surface area contributed by atoms with Crippen LogP contribution in [0.25, 0.3) is 0 Å². The lowest BCUT2D eigenvalue weighted by molar-refractivity contribution is -0.117. The molecule has 0 bridgehead atoms. The monoisotopic (exact) mass is 376 g/mol. The summed E-state index contributed by atoms with van der Waals surface area (Å²) in [5.74, 6) is 0.708. The van der Waals surface area contributed by atoms with Crippen LogP contribution in [0.2, 0.25) is 0 Å². The van der Waals surface area contributed by atoms with Gasteiger partial charge in [0.2, 0.25) is 5.91 Å². The van der Waals surface area contributed by atoms with Gasteiger partial charge in [-0.25, -0.2) is 0 Å². The van der Waals surface area contributed by atoms with Crippen LogP contribution in [-0.2, 0) is 16.1 Å². The molecule has 2 aromatic carbocycles. The number of nitrogens with one attached hydrogen (secondary N) is 2. The topological polar surface area (TPSA) is 59.6 Å². The second-order valence-electron chi connectivity index (χ2n) is 6.22. The summed E-state index contributed by atoms with van der Waals surface area (Å²) in [7, 11) is 0. The van der Waals surface area contributed by atoms with Crippen LogP contribution in [0, 0.1) is 6.92 Å². The van der Waals surface area contributed by atoms with Crippen molar-refractivity contribution in [3.63, 3.8) is 0 Å². The van der Waals surface area contributed by atoms with Crippen molar-refractivity contribution < 1.29 is 14.3 Å². The van der Waals surface area contributed by atoms with E-state index in [1.165, 1.54) is 5.56 Å². The molecule has 26 heavy (non-hydrogen) atoms. The van der Waals surface area contributed by atoms with Gasteiger partial charge in [-0.1, -0.05) is 30.3 Å². The van der Waals surface area contributed by atoms with Gasteiger partial charge in [-0.2, -0.15) is 0 Å². The number of amides is 1. The second-order valence-corrected chi connectivity index (χ2v) is 6.22. The normalized spacial score (nSPS) is 16.4. The van der Waals surface area contributed by atoms with Crippen LogP contribution in [0.5, 0.6) is 5.75 Å².